The average Bonchev–Trinajstić information content (AvgIpc) is 3.58. The normalized spacial score (nSPS) is 15.0. The maximum Gasteiger partial charge on any atom is 0.287 e. The van der Waals surface area contributed by atoms with Crippen LogP contribution >= 0.6 is 22.9 Å². The average molecular weight is 521 g/mol. The minimum absolute atomic E-state index is 0.0385. The van der Waals surface area contributed by atoms with E-state index in [0.717, 1.165) is 30.8 Å². The van der Waals surface area contributed by atoms with Gasteiger partial charge in [-0.2, -0.15) is 0 Å². The summed E-state index contributed by atoms with van der Waals surface area (Å²) in [4.78, 5) is 33.2. The van der Waals surface area contributed by atoms with Crippen LogP contribution in [0.25, 0.3) is 10.6 Å². The molecule has 0 aromatic carbocycles. The summed E-state index contributed by atoms with van der Waals surface area (Å²) in [5, 5.41) is 18.8. The second-order valence-electron chi connectivity index (χ2n) is 8.72. The van der Waals surface area contributed by atoms with Gasteiger partial charge in [-0.25, -0.2) is 4.98 Å². The number of piperidine rings is 1. The van der Waals surface area contributed by atoms with Crippen LogP contribution in [0.15, 0.2) is 28.9 Å². The van der Waals surface area contributed by atoms with Crippen LogP contribution in [0.2, 0.25) is 4.34 Å². The minimum atomic E-state index is -0.467. The summed E-state index contributed by atoms with van der Waals surface area (Å²) in [5.74, 6) is -0.121. The first-order valence-electron chi connectivity index (χ1n) is 11.6. The number of aromatic nitrogens is 3. The highest BCUT2D eigenvalue weighted by Crippen LogP contribution is 2.31. The first-order chi connectivity index (χ1) is 16.8. The Labute approximate surface area is 212 Å². The molecule has 2 amide bonds. The summed E-state index contributed by atoms with van der Waals surface area (Å²) >= 11 is 7.39. The molecule has 12 heteroatoms. The van der Waals surface area contributed by atoms with Gasteiger partial charge < -0.3 is 29.7 Å². The molecule has 3 aromatic rings. The summed E-state index contributed by atoms with van der Waals surface area (Å²) in [6, 6.07) is 5.92. The third kappa shape index (κ3) is 6.29. The number of thiophene rings is 1. The largest absolute Gasteiger partial charge is 0.395 e. The monoisotopic (exact) mass is 520 g/mol. The van der Waals surface area contributed by atoms with Gasteiger partial charge in [0.2, 0.25) is 0 Å². The predicted octanol–water partition coefficient (Wildman–Crippen LogP) is 2.63. The lowest BCUT2D eigenvalue weighted by Crippen LogP contribution is -2.47. The van der Waals surface area contributed by atoms with E-state index in [4.69, 9.17) is 21.2 Å². The second kappa shape index (κ2) is 11.3. The Bertz CT molecular complexity index is 1160. The third-order valence-corrected chi connectivity index (χ3v) is 7.16. The summed E-state index contributed by atoms with van der Waals surface area (Å²) in [6.07, 6.45) is 3.22. The second-order valence-corrected chi connectivity index (χ2v) is 10.4. The number of nitrogens with zero attached hydrogens (tertiary/aromatic N) is 4. The van der Waals surface area contributed by atoms with E-state index in [-0.39, 0.29) is 43.2 Å². The summed E-state index contributed by atoms with van der Waals surface area (Å²) < 4.78 is 7.69. The van der Waals surface area contributed by atoms with Crippen molar-refractivity contribution < 1.29 is 19.2 Å². The van der Waals surface area contributed by atoms with Crippen LogP contribution < -0.4 is 10.6 Å². The van der Waals surface area contributed by atoms with Gasteiger partial charge in [-0.15, -0.1) is 11.3 Å². The van der Waals surface area contributed by atoms with Crippen LogP contribution in [0.4, 0.5) is 0 Å². The quantitative estimate of drug-likeness (QED) is 0.396. The van der Waals surface area contributed by atoms with Gasteiger partial charge in [0.1, 0.15) is 11.4 Å². The number of nitrogens with one attached hydrogen (secondary N) is 2. The van der Waals surface area contributed by atoms with E-state index in [1.54, 1.807) is 16.7 Å². The molecule has 1 saturated heterocycles. The van der Waals surface area contributed by atoms with Crippen molar-refractivity contribution in [1.82, 2.24) is 30.2 Å². The molecule has 0 radical (unpaired) electrons. The Balaban J connectivity index is 1.51. The van der Waals surface area contributed by atoms with Crippen LogP contribution in [-0.4, -0.2) is 74.9 Å². The van der Waals surface area contributed by atoms with Gasteiger partial charge in [0.15, 0.2) is 11.6 Å². The number of amides is 2. The number of carbonyl (C=O) groups is 2. The fraction of sp³-hybridized carbons (Fsp3) is 0.478. The molecule has 1 aliphatic rings. The number of hydrogen-bond acceptors (Lipinski definition) is 8. The fourth-order valence-electron chi connectivity index (χ4n) is 4.02. The molecule has 1 fully saturated rings. The number of halogens is 1. The topological polar surface area (TPSA) is 126 Å². The van der Waals surface area contributed by atoms with Gasteiger partial charge in [-0.3, -0.25) is 9.59 Å². The molecule has 4 heterocycles. The van der Waals surface area contributed by atoms with E-state index in [1.807, 2.05) is 6.07 Å². The third-order valence-electron chi connectivity index (χ3n) is 5.91. The van der Waals surface area contributed by atoms with Gasteiger partial charge in [-0.05, 0) is 38.8 Å². The summed E-state index contributed by atoms with van der Waals surface area (Å²) in [7, 11) is 0. The Morgan fingerprint density at radius 2 is 2.06 bits per heavy atom. The Hall–Kier alpha value is -2.73. The molecule has 1 aliphatic heterocycles. The molecule has 0 aliphatic carbocycles. The maximum atomic E-state index is 13.2. The zero-order chi connectivity index (χ0) is 24.9. The lowest BCUT2D eigenvalue weighted by Gasteiger charge is -2.34. The number of rotatable bonds is 9. The molecule has 3 N–H and O–H groups in total. The number of carbonyl (C=O) groups excluding carboxylic acids is 2. The molecule has 4 rings (SSSR count). The van der Waals surface area contributed by atoms with Crippen molar-refractivity contribution in [2.75, 3.05) is 26.2 Å². The summed E-state index contributed by atoms with van der Waals surface area (Å²) in [6.45, 7) is 6.27. The van der Waals surface area contributed by atoms with E-state index < -0.39 is 5.91 Å². The van der Waals surface area contributed by atoms with E-state index in [2.05, 4.69) is 39.5 Å². The van der Waals surface area contributed by atoms with E-state index in [1.165, 1.54) is 17.5 Å². The van der Waals surface area contributed by atoms with Crippen molar-refractivity contribution in [2.45, 2.75) is 45.3 Å². The number of imidazole rings is 1. The molecule has 35 heavy (non-hydrogen) atoms. The zero-order valence-electron chi connectivity index (χ0n) is 19.7. The van der Waals surface area contributed by atoms with E-state index >= 15 is 0 Å². The number of aliphatic hydroxyl groups excluding tert-OH is 1. The number of likely N-dealkylation sites (tertiary alicyclic amines) is 1. The molecule has 0 atom stereocenters. The van der Waals surface area contributed by atoms with Crippen molar-refractivity contribution in [2.24, 2.45) is 0 Å². The van der Waals surface area contributed by atoms with Crippen molar-refractivity contribution in [3.63, 3.8) is 0 Å². The molecule has 3 aromatic heterocycles. The van der Waals surface area contributed by atoms with Crippen molar-refractivity contribution >= 4 is 34.8 Å². The van der Waals surface area contributed by atoms with Crippen molar-refractivity contribution in [1.29, 1.82) is 0 Å². The van der Waals surface area contributed by atoms with E-state index in [0.29, 0.717) is 21.8 Å². The first-order valence-corrected chi connectivity index (χ1v) is 12.8. The lowest BCUT2D eigenvalue weighted by atomic mass is 10.0. The molecule has 0 spiro atoms. The highest BCUT2D eigenvalue weighted by atomic mass is 35.5. The highest BCUT2D eigenvalue weighted by Gasteiger charge is 2.26. The SMILES string of the molecule is CC(C)N1CCC(NC(=O)c2nc(C(=O)NCCO)cn2Cc2cc(-c3ccc(Cl)s3)on2)CC1. The van der Waals surface area contributed by atoms with Gasteiger partial charge in [-0.1, -0.05) is 16.8 Å². The first kappa shape index (κ1) is 25.4. The molecule has 0 unspecified atom stereocenters. The van der Waals surface area contributed by atoms with Gasteiger partial charge >= 0.3 is 0 Å². The van der Waals surface area contributed by atoms with Crippen LogP contribution in [-0.2, 0) is 6.54 Å². The molecule has 0 bridgehead atoms. The molecule has 188 valence electrons. The maximum absolute atomic E-state index is 13.2. The van der Waals surface area contributed by atoms with Crippen molar-refractivity contribution in [3.05, 3.63) is 45.9 Å². The predicted molar refractivity (Wildman–Crippen MR) is 133 cm³/mol. The van der Waals surface area contributed by atoms with Gasteiger partial charge in [0.25, 0.3) is 11.8 Å². The Kier molecular flexibility index (Phi) is 8.22. The molecule has 10 nitrogen and oxygen atoms in total. The van der Waals surface area contributed by atoms with E-state index in [9.17, 15) is 9.59 Å². The van der Waals surface area contributed by atoms with Crippen LogP contribution in [0.3, 0.4) is 0 Å². The molecular formula is C23H29ClN6O4S. The Morgan fingerprint density at radius 3 is 2.71 bits per heavy atom. The van der Waals surface area contributed by atoms with Crippen LogP contribution in [0.5, 0.6) is 0 Å². The van der Waals surface area contributed by atoms with Gasteiger partial charge in [0.05, 0.1) is 22.4 Å². The number of hydrogen-bond donors (Lipinski definition) is 3. The van der Waals surface area contributed by atoms with Crippen LogP contribution in [0, 0.1) is 0 Å². The molecular weight excluding hydrogens is 492 g/mol. The zero-order valence-corrected chi connectivity index (χ0v) is 21.2. The fourth-order valence-corrected chi connectivity index (χ4v) is 5.01. The highest BCUT2D eigenvalue weighted by molar-refractivity contribution is 7.19. The standard InChI is InChI=1S/C23H29ClN6O4S/c1-14(2)29-8-5-15(6-9-29)26-23(33)21-27-17(22(32)25-7-10-31)13-30(21)12-16-11-18(34-28-16)19-3-4-20(24)35-19/h3-4,11,13-15,31H,5-10,12H2,1-2H3,(H,25,32)(H,26,33). The lowest BCUT2D eigenvalue weighted by molar-refractivity contribution is 0.0886. The minimum Gasteiger partial charge on any atom is -0.395 e. The molecule has 0 saturated carbocycles. The van der Waals surface area contributed by atoms with Gasteiger partial charge in [0, 0.05) is 44.0 Å². The van der Waals surface area contributed by atoms with Crippen molar-refractivity contribution in [3.8, 4) is 10.6 Å². The summed E-state index contributed by atoms with van der Waals surface area (Å²) in [5.41, 5.74) is 0.663. The van der Waals surface area contributed by atoms with Crippen LogP contribution in [0.1, 0.15) is 53.5 Å². The Morgan fingerprint density at radius 1 is 1.29 bits per heavy atom. The smallest absolute Gasteiger partial charge is 0.287 e. The number of aliphatic hydroxyl groups is 1.